The van der Waals surface area contributed by atoms with Crippen LogP contribution in [0.1, 0.15) is 0 Å². The molecule has 0 aliphatic heterocycles. The standard InChI is InChI=1S/C7H11F5N2O3S/c1-14(2)18(16,17)4-3-13-5(15)6(8,9)7(10,11)12/h3-4H2,1-2H3,(H,13,15). The second-order valence-electron chi connectivity index (χ2n) is 3.43. The molecule has 5 nitrogen and oxygen atoms in total. The minimum Gasteiger partial charge on any atom is -0.349 e. The zero-order valence-corrected chi connectivity index (χ0v) is 10.2. The van der Waals surface area contributed by atoms with E-state index in [1.807, 2.05) is 0 Å². The van der Waals surface area contributed by atoms with Crippen molar-refractivity contribution in [2.45, 2.75) is 12.1 Å². The van der Waals surface area contributed by atoms with Crippen LogP contribution in [-0.4, -0.2) is 57.1 Å². The predicted molar refractivity (Wildman–Crippen MR) is 51.5 cm³/mol. The first-order valence-electron chi connectivity index (χ1n) is 4.45. The molecule has 11 heteroatoms. The van der Waals surface area contributed by atoms with Crippen molar-refractivity contribution in [3.8, 4) is 0 Å². The highest BCUT2D eigenvalue weighted by Gasteiger charge is 2.63. The Labute approximate surface area is 100.0 Å². The second kappa shape index (κ2) is 5.34. The number of nitrogens with one attached hydrogen (secondary N) is 1. The molecular weight excluding hydrogens is 287 g/mol. The maximum atomic E-state index is 12.4. The van der Waals surface area contributed by atoms with E-state index in [1.54, 1.807) is 0 Å². The molecule has 18 heavy (non-hydrogen) atoms. The van der Waals surface area contributed by atoms with Crippen molar-refractivity contribution >= 4 is 15.9 Å². The first-order chi connectivity index (χ1) is 7.82. The van der Waals surface area contributed by atoms with E-state index >= 15 is 0 Å². The number of hydrogen-bond acceptors (Lipinski definition) is 3. The van der Waals surface area contributed by atoms with E-state index in [2.05, 4.69) is 0 Å². The van der Waals surface area contributed by atoms with Crippen LogP contribution in [0.15, 0.2) is 0 Å². The van der Waals surface area contributed by atoms with Gasteiger partial charge in [-0.05, 0) is 0 Å². The molecular formula is C7H11F5N2O3S. The Kier molecular flexibility index (Phi) is 5.06. The van der Waals surface area contributed by atoms with Gasteiger partial charge in [0.2, 0.25) is 10.0 Å². The summed E-state index contributed by atoms with van der Waals surface area (Å²) in [6, 6.07) is 0. The van der Waals surface area contributed by atoms with E-state index in [9.17, 15) is 35.2 Å². The fourth-order valence-electron chi connectivity index (χ4n) is 0.716. The van der Waals surface area contributed by atoms with E-state index in [0.717, 1.165) is 18.4 Å². The highest BCUT2D eigenvalue weighted by Crippen LogP contribution is 2.35. The summed E-state index contributed by atoms with van der Waals surface area (Å²) in [5.74, 6) is -8.90. The van der Waals surface area contributed by atoms with Gasteiger partial charge in [0.15, 0.2) is 0 Å². The van der Waals surface area contributed by atoms with Gasteiger partial charge in [0.1, 0.15) is 0 Å². The quantitative estimate of drug-likeness (QED) is 0.737. The molecule has 0 heterocycles. The fraction of sp³-hybridized carbons (Fsp3) is 0.857. The molecule has 0 aliphatic carbocycles. The molecule has 0 saturated heterocycles. The Morgan fingerprint density at radius 3 is 1.94 bits per heavy atom. The zero-order chi connectivity index (χ0) is 14.8. The molecule has 0 bridgehead atoms. The van der Waals surface area contributed by atoms with Crippen molar-refractivity contribution in [2.75, 3.05) is 26.4 Å². The van der Waals surface area contributed by atoms with Crippen LogP contribution in [0.25, 0.3) is 0 Å². The van der Waals surface area contributed by atoms with Gasteiger partial charge in [0.25, 0.3) is 5.91 Å². The third-order valence-corrected chi connectivity index (χ3v) is 3.68. The van der Waals surface area contributed by atoms with Crippen LogP contribution in [0.3, 0.4) is 0 Å². The van der Waals surface area contributed by atoms with Crippen molar-refractivity contribution in [3.05, 3.63) is 0 Å². The molecule has 0 aromatic carbocycles. The van der Waals surface area contributed by atoms with Crippen LogP contribution in [0.2, 0.25) is 0 Å². The van der Waals surface area contributed by atoms with Crippen molar-refractivity contribution < 1.29 is 35.2 Å². The van der Waals surface area contributed by atoms with E-state index < -0.39 is 40.3 Å². The Morgan fingerprint density at radius 1 is 1.17 bits per heavy atom. The number of rotatable bonds is 5. The maximum Gasteiger partial charge on any atom is 0.463 e. The summed E-state index contributed by atoms with van der Waals surface area (Å²) in [5, 5.41) is 1.23. The summed E-state index contributed by atoms with van der Waals surface area (Å²) < 4.78 is 83.0. The molecule has 0 unspecified atom stereocenters. The van der Waals surface area contributed by atoms with Gasteiger partial charge in [-0.1, -0.05) is 0 Å². The van der Waals surface area contributed by atoms with Gasteiger partial charge in [0, 0.05) is 20.6 Å². The number of nitrogens with zero attached hydrogens (tertiary/aromatic N) is 1. The van der Waals surface area contributed by atoms with Gasteiger partial charge in [-0.25, -0.2) is 12.7 Å². The van der Waals surface area contributed by atoms with Gasteiger partial charge in [-0.3, -0.25) is 4.79 Å². The van der Waals surface area contributed by atoms with Crippen LogP contribution in [0.5, 0.6) is 0 Å². The molecule has 0 spiro atoms. The molecule has 1 amide bonds. The SMILES string of the molecule is CN(C)S(=O)(=O)CCNC(=O)C(F)(F)C(F)(F)F. The molecule has 0 radical (unpaired) electrons. The lowest BCUT2D eigenvalue weighted by Gasteiger charge is -2.19. The van der Waals surface area contributed by atoms with Crippen LogP contribution in [0, 0.1) is 0 Å². The molecule has 0 aromatic heterocycles. The average molecular weight is 298 g/mol. The number of amides is 1. The topological polar surface area (TPSA) is 66.5 Å². The molecule has 0 rings (SSSR count). The number of halogens is 5. The summed E-state index contributed by atoms with van der Waals surface area (Å²) in [7, 11) is -1.47. The molecule has 1 N–H and O–H groups in total. The average Bonchev–Trinajstić information content (AvgIpc) is 2.14. The van der Waals surface area contributed by atoms with E-state index in [0.29, 0.717) is 0 Å². The Morgan fingerprint density at radius 2 is 1.61 bits per heavy atom. The van der Waals surface area contributed by atoms with Crippen LogP contribution in [0.4, 0.5) is 22.0 Å². The monoisotopic (exact) mass is 298 g/mol. The number of carbonyl (C=O) groups excluding carboxylic acids is 1. The molecule has 0 atom stereocenters. The van der Waals surface area contributed by atoms with Crippen molar-refractivity contribution in [1.82, 2.24) is 9.62 Å². The largest absolute Gasteiger partial charge is 0.463 e. The summed E-state index contributed by atoms with van der Waals surface area (Å²) in [4.78, 5) is 10.6. The van der Waals surface area contributed by atoms with Crippen LogP contribution in [-0.2, 0) is 14.8 Å². The first-order valence-corrected chi connectivity index (χ1v) is 6.06. The summed E-state index contributed by atoms with van der Waals surface area (Å²) in [6.45, 7) is -0.842. The fourth-order valence-corrected chi connectivity index (χ4v) is 1.44. The second-order valence-corrected chi connectivity index (χ2v) is 5.73. The lowest BCUT2D eigenvalue weighted by Crippen LogP contribution is -2.51. The molecule has 0 saturated carbocycles. The van der Waals surface area contributed by atoms with Gasteiger partial charge < -0.3 is 5.32 Å². The Bertz CT molecular complexity index is 404. The summed E-state index contributed by atoms with van der Waals surface area (Å²) >= 11 is 0. The van der Waals surface area contributed by atoms with Crippen LogP contribution < -0.4 is 5.32 Å². The van der Waals surface area contributed by atoms with E-state index in [1.165, 1.54) is 5.32 Å². The molecule has 0 aliphatic rings. The maximum absolute atomic E-state index is 12.4. The lowest BCUT2D eigenvalue weighted by atomic mass is 10.3. The minimum absolute atomic E-state index is 0.751. The van der Waals surface area contributed by atoms with Gasteiger partial charge in [0.05, 0.1) is 5.75 Å². The summed E-state index contributed by atoms with van der Waals surface area (Å²) in [6.07, 6.45) is -6.02. The van der Waals surface area contributed by atoms with E-state index in [-0.39, 0.29) is 0 Å². The Balaban J connectivity index is 4.47. The molecule has 108 valence electrons. The molecule has 0 aromatic rings. The highest BCUT2D eigenvalue weighted by atomic mass is 32.2. The van der Waals surface area contributed by atoms with Crippen molar-refractivity contribution in [2.24, 2.45) is 0 Å². The lowest BCUT2D eigenvalue weighted by molar-refractivity contribution is -0.269. The van der Waals surface area contributed by atoms with Crippen molar-refractivity contribution in [1.29, 1.82) is 0 Å². The summed E-state index contributed by atoms with van der Waals surface area (Å²) in [5.41, 5.74) is 0. The van der Waals surface area contributed by atoms with Gasteiger partial charge in [-0.2, -0.15) is 22.0 Å². The van der Waals surface area contributed by atoms with Crippen molar-refractivity contribution in [3.63, 3.8) is 0 Å². The predicted octanol–water partition coefficient (Wildman–Crippen LogP) is 0.192. The number of sulfonamides is 1. The normalized spacial score (nSPS) is 13.8. The number of carbonyl (C=O) groups is 1. The van der Waals surface area contributed by atoms with Gasteiger partial charge in [-0.15, -0.1) is 0 Å². The third kappa shape index (κ3) is 4.05. The van der Waals surface area contributed by atoms with Gasteiger partial charge >= 0.3 is 12.1 Å². The van der Waals surface area contributed by atoms with E-state index in [4.69, 9.17) is 0 Å². The smallest absolute Gasteiger partial charge is 0.349 e. The minimum atomic E-state index is -6.02. The van der Waals surface area contributed by atoms with Crippen LogP contribution >= 0.6 is 0 Å². The zero-order valence-electron chi connectivity index (χ0n) is 9.38. The first kappa shape index (κ1) is 17.0. The molecule has 0 fully saturated rings. The highest BCUT2D eigenvalue weighted by molar-refractivity contribution is 7.89. The Hall–Kier alpha value is -0.970. The third-order valence-electron chi connectivity index (χ3n) is 1.84. The number of hydrogen-bond donors (Lipinski definition) is 1. The number of alkyl halides is 5.